The van der Waals surface area contributed by atoms with Gasteiger partial charge in [-0.05, 0) is 19.3 Å². The summed E-state index contributed by atoms with van der Waals surface area (Å²) in [6, 6.07) is 0.517. The molecule has 0 aromatic heterocycles. The van der Waals surface area contributed by atoms with Crippen LogP contribution < -0.4 is 5.32 Å². The van der Waals surface area contributed by atoms with Crippen LogP contribution in [0.3, 0.4) is 0 Å². The molecular weight excluding hydrogens is 206 g/mol. The minimum atomic E-state index is -0.174. The molecule has 0 radical (unpaired) electrons. The van der Waals surface area contributed by atoms with E-state index in [9.17, 15) is 4.79 Å². The van der Waals surface area contributed by atoms with Crippen LogP contribution in [0.1, 0.15) is 39.0 Å². The predicted octanol–water partition coefficient (Wildman–Crippen LogP) is 1.49. The average molecular weight is 229 g/mol. The Morgan fingerprint density at radius 3 is 2.69 bits per heavy atom. The number of rotatable bonds is 8. The Morgan fingerprint density at radius 1 is 1.25 bits per heavy atom. The minimum Gasteiger partial charge on any atom is -0.462 e. The van der Waals surface area contributed by atoms with Crippen molar-refractivity contribution in [2.75, 3.05) is 26.4 Å². The summed E-state index contributed by atoms with van der Waals surface area (Å²) in [5.74, 6) is -0.174. The Kier molecular flexibility index (Phi) is 7.17. The van der Waals surface area contributed by atoms with Crippen molar-refractivity contribution >= 4 is 5.97 Å². The third-order valence-corrected chi connectivity index (χ3v) is 2.73. The van der Waals surface area contributed by atoms with Gasteiger partial charge >= 0.3 is 5.97 Å². The average Bonchev–Trinajstić information content (AvgIpc) is 2.79. The second-order valence-electron chi connectivity index (χ2n) is 4.20. The Balaban J connectivity index is 1.90. The molecule has 1 N–H and O–H groups in total. The van der Waals surface area contributed by atoms with Crippen molar-refractivity contribution in [2.24, 2.45) is 0 Å². The molecule has 0 aromatic rings. The Labute approximate surface area is 97.7 Å². The van der Waals surface area contributed by atoms with Crippen LogP contribution in [0.15, 0.2) is 0 Å². The molecular formula is C12H23NO3. The van der Waals surface area contributed by atoms with Crippen LogP contribution in [0.4, 0.5) is 0 Å². The number of nitrogens with one attached hydrogen (secondary N) is 1. The minimum absolute atomic E-state index is 0.174. The zero-order chi connectivity index (χ0) is 11.6. The highest BCUT2D eigenvalue weighted by Gasteiger charge is 2.15. The smallest absolute Gasteiger partial charge is 0.320 e. The highest BCUT2D eigenvalue weighted by molar-refractivity contribution is 5.71. The van der Waals surface area contributed by atoms with Crippen LogP contribution in [0.5, 0.6) is 0 Å². The number of carbonyl (C=O) groups is 1. The lowest BCUT2D eigenvalue weighted by molar-refractivity contribution is -0.144. The van der Waals surface area contributed by atoms with Gasteiger partial charge in [-0.1, -0.05) is 19.8 Å². The summed E-state index contributed by atoms with van der Waals surface area (Å²) in [7, 11) is 0. The predicted molar refractivity (Wildman–Crippen MR) is 62.3 cm³/mol. The number of hydrogen-bond acceptors (Lipinski definition) is 4. The molecule has 0 aromatic carbocycles. The van der Waals surface area contributed by atoms with Crippen molar-refractivity contribution in [3.8, 4) is 0 Å². The van der Waals surface area contributed by atoms with Crippen molar-refractivity contribution in [3.05, 3.63) is 0 Å². The first kappa shape index (κ1) is 13.5. The van der Waals surface area contributed by atoms with E-state index < -0.39 is 0 Å². The number of ether oxygens (including phenoxy) is 2. The van der Waals surface area contributed by atoms with Crippen LogP contribution in [0, 0.1) is 0 Å². The highest BCUT2D eigenvalue weighted by atomic mass is 16.6. The van der Waals surface area contributed by atoms with Crippen LogP contribution in [-0.4, -0.2) is 38.4 Å². The molecule has 4 nitrogen and oxygen atoms in total. The molecule has 0 aliphatic heterocycles. The van der Waals surface area contributed by atoms with Gasteiger partial charge < -0.3 is 14.8 Å². The summed E-state index contributed by atoms with van der Waals surface area (Å²) < 4.78 is 10.2. The molecule has 1 fully saturated rings. The normalized spacial score (nSPS) is 16.6. The van der Waals surface area contributed by atoms with E-state index in [0.29, 0.717) is 25.8 Å². The Bertz CT molecular complexity index is 191. The van der Waals surface area contributed by atoms with Crippen LogP contribution in [0.25, 0.3) is 0 Å². The fourth-order valence-electron chi connectivity index (χ4n) is 1.87. The molecule has 1 rings (SSSR count). The maximum absolute atomic E-state index is 11.3. The first-order chi connectivity index (χ1) is 7.83. The second-order valence-corrected chi connectivity index (χ2v) is 4.20. The van der Waals surface area contributed by atoms with Crippen molar-refractivity contribution in [3.63, 3.8) is 0 Å². The molecule has 0 spiro atoms. The summed E-state index contributed by atoms with van der Waals surface area (Å²) in [5.41, 5.74) is 0. The number of esters is 1. The van der Waals surface area contributed by atoms with E-state index in [1.165, 1.54) is 25.7 Å². The molecule has 0 unspecified atom stereocenters. The summed E-state index contributed by atoms with van der Waals surface area (Å²) in [4.78, 5) is 11.3. The molecule has 16 heavy (non-hydrogen) atoms. The molecule has 0 atom stereocenters. The molecule has 0 saturated heterocycles. The van der Waals surface area contributed by atoms with Gasteiger partial charge in [-0.3, -0.25) is 4.79 Å². The van der Waals surface area contributed by atoms with Crippen molar-refractivity contribution in [2.45, 2.75) is 45.1 Å². The van der Waals surface area contributed by atoms with Gasteiger partial charge in [0.1, 0.15) is 6.61 Å². The molecule has 1 aliphatic carbocycles. The van der Waals surface area contributed by atoms with E-state index in [1.807, 2.05) is 0 Å². The van der Waals surface area contributed by atoms with E-state index in [0.717, 1.165) is 13.0 Å². The largest absolute Gasteiger partial charge is 0.462 e. The van der Waals surface area contributed by atoms with E-state index in [-0.39, 0.29) is 5.97 Å². The van der Waals surface area contributed by atoms with Crippen molar-refractivity contribution in [1.82, 2.24) is 5.32 Å². The monoisotopic (exact) mass is 229 g/mol. The second kappa shape index (κ2) is 8.53. The summed E-state index contributed by atoms with van der Waals surface area (Å²) in [6.07, 6.45) is 5.92. The maximum Gasteiger partial charge on any atom is 0.320 e. The van der Waals surface area contributed by atoms with Gasteiger partial charge in [0.15, 0.2) is 0 Å². The molecule has 94 valence electrons. The van der Waals surface area contributed by atoms with Crippen molar-refractivity contribution < 1.29 is 14.3 Å². The van der Waals surface area contributed by atoms with Crippen LogP contribution in [-0.2, 0) is 14.3 Å². The lowest BCUT2D eigenvalue weighted by Gasteiger charge is -2.11. The zero-order valence-corrected chi connectivity index (χ0v) is 10.2. The van der Waals surface area contributed by atoms with E-state index in [1.54, 1.807) is 0 Å². The van der Waals surface area contributed by atoms with Crippen LogP contribution in [0.2, 0.25) is 0 Å². The summed E-state index contributed by atoms with van der Waals surface area (Å²) in [5, 5.41) is 3.22. The van der Waals surface area contributed by atoms with Gasteiger partial charge in [0.25, 0.3) is 0 Å². The van der Waals surface area contributed by atoms with Crippen molar-refractivity contribution in [1.29, 1.82) is 0 Å². The standard InChI is InChI=1S/C12H23NO3/c1-2-7-15-8-9-16-12(14)10-13-11-5-3-4-6-11/h11,13H,2-10H2,1H3. The third kappa shape index (κ3) is 6.08. The lowest BCUT2D eigenvalue weighted by Crippen LogP contribution is -2.32. The van der Waals surface area contributed by atoms with Gasteiger partial charge in [0, 0.05) is 12.6 Å². The first-order valence-corrected chi connectivity index (χ1v) is 6.29. The Hall–Kier alpha value is -0.610. The fourth-order valence-corrected chi connectivity index (χ4v) is 1.87. The Morgan fingerprint density at radius 2 is 2.00 bits per heavy atom. The molecule has 0 bridgehead atoms. The number of hydrogen-bond donors (Lipinski definition) is 1. The quantitative estimate of drug-likeness (QED) is 0.506. The molecule has 0 amide bonds. The van der Waals surface area contributed by atoms with Gasteiger partial charge in [-0.2, -0.15) is 0 Å². The van der Waals surface area contributed by atoms with E-state index >= 15 is 0 Å². The molecule has 1 aliphatic rings. The molecule has 0 heterocycles. The summed E-state index contributed by atoms with van der Waals surface area (Å²) >= 11 is 0. The van der Waals surface area contributed by atoms with Gasteiger partial charge in [-0.15, -0.1) is 0 Å². The molecule has 1 saturated carbocycles. The van der Waals surface area contributed by atoms with E-state index in [4.69, 9.17) is 9.47 Å². The molecule has 4 heteroatoms. The third-order valence-electron chi connectivity index (χ3n) is 2.73. The van der Waals surface area contributed by atoms with Gasteiger partial charge in [-0.25, -0.2) is 0 Å². The maximum atomic E-state index is 11.3. The van der Waals surface area contributed by atoms with Gasteiger partial charge in [0.05, 0.1) is 13.2 Å². The van der Waals surface area contributed by atoms with Gasteiger partial charge in [0.2, 0.25) is 0 Å². The fraction of sp³-hybridized carbons (Fsp3) is 0.917. The van der Waals surface area contributed by atoms with E-state index in [2.05, 4.69) is 12.2 Å². The first-order valence-electron chi connectivity index (χ1n) is 6.29. The SMILES string of the molecule is CCCOCCOC(=O)CNC1CCCC1. The topological polar surface area (TPSA) is 47.6 Å². The lowest BCUT2D eigenvalue weighted by atomic mass is 10.2. The highest BCUT2D eigenvalue weighted by Crippen LogP contribution is 2.17. The van der Waals surface area contributed by atoms with Crippen LogP contribution >= 0.6 is 0 Å². The zero-order valence-electron chi connectivity index (χ0n) is 10.2. The number of carbonyl (C=O) groups excluding carboxylic acids is 1. The summed E-state index contributed by atoms with van der Waals surface area (Å²) in [6.45, 7) is 3.99.